The highest BCUT2D eigenvalue weighted by Crippen LogP contribution is 2.10. The molecule has 0 fully saturated rings. The average Bonchev–Trinajstić information content (AvgIpc) is 2.36. The van der Waals surface area contributed by atoms with Crippen molar-refractivity contribution in [3.8, 4) is 0 Å². The number of halogens is 2. The zero-order valence-corrected chi connectivity index (χ0v) is 10.5. The molecule has 0 aliphatic rings. The summed E-state index contributed by atoms with van der Waals surface area (Å²) in [6.07, 6.45) is 0. The molecule has 0 spiro atoms. The number of ether oxygens (including phenoxy) is 1. The minimum absolute atomic E-state index is 0.319. The van der Waals surface area contributed by atoms with Gasteiger partial charge in [0.25, 0.3) is 5.91 Å². The predicted molar refractivity (Wildman–Crippen MR) is 63.9 cm³/mol. The van der Waals surface area contributed by atoms with Crippen LogP contribution >= 0.6 is 0 Å². The number of carbonyl (C=O) groups is 3. The van der Waals surface area contributed by atoms with Gasteiger partial charge >= 0.3 is 12.0 Å². The number of imide groups is 1. The van der Waals surface area contributed by atoms with E-state index in [-0.39, 0.29) is 0 Å². The number of hydrogen-bond acceptors (Lipinski definition) is 4. The number of nitrogens with one attached hydrogen (secondary N) is 2. The quantitative estimate of drug-likeness (QED) is 0.808. The zero-order chi connectivity index (χ0) is 15.1. The van der Waals surface area contributed by atoms with Crippen LogP contribution in [0.15, 0.2) is 18.2 Å². The van der Waals surface area contributed by atoms with Gasteiger partial charge in [-0.2, -0.15) is 0 Å². The number of rotatable bonds is 4. The van der Waals surface area contributed by atoms with Crippen LogP contribution in [0.2, 0.25) is 0 Å². The molecule has 20 heavy (non-hydrogen) atoms. The van der Waals surface area contributed by atoms with Crippen LogP contribution in [0.5, 0.6) is 0 Å². The third-order valence-corrected chi connectivity index (χ3v) is 2.08. The van der Waals surface area contributed by atoms with Gasteiger partial charge < -0.3 is 10.1 Å². The fourth-order valence-corrected chi connectivity index (χ4v) is 1.23. The largest absolute Gasteiger partial charge is 0.452 e. The summed E-state index contributed by atoms with van der Waals surface area (Å²) >= 11 is 0. The molecule has 6 nitrogen and oxygen atoms in total. The second kappa shape index (κ2) is 7.17. The van der Waals surface area contributed by atoms with Crippen LogP contribution in [0.25, 0.3) is 0 Å². The van der Waals surface area contributed by atoms with Crippen molar-refractivity contribution < 1.29 is 27.9 Å². The molecule has 0 saturated heterocycles. The Morgan fingerprint density at radius 1 is 1.25 bits per heavy atom. The third-order valence-electron chi connectivity index (χ3n) is 2.08. The van der Waals surface area contributed by atoms with Gasteiger partial charge in [-0.25, -0.2) is 18.4 Å². The highest BCUT2D eigenvalue weighted by molar-refractivity contribution is 5.97. The topological polar surface area (TPSA) is 84.5 Å². The molecular weight excluding hydrogens is 274 g/mol. The summed E-state index contributed by atoms with van der Waals surface area (Å²) in [5.74, 6) is -3.94. The van der Waals surface area contributed by atoms with Gasteiger partial charge in [0.1, 0.15) is 11.6 Å². The van der Waals surface area contributed by atoms with Crippen LogP contribution < -0.4 is 10.6 Å². The summed E-state index contributed by atoms with van der Waals surface area (Å²) in [4.78, 5) is 33.6. The molecule has 1 aromatic carbocycles. The Balaban J connectivity index is 2.51. The van der Waals surface area contributed by atoms with Crippen LogP contribution in [0.4, 0.5) is 13.6 Å². The van der Waals surface area contributed by atoms with Crippen LogP contribution in [0, 0.1) is 11.6 Å². The van der Waals surface area contributed by atoms with Gasteiger partial charge in [0.15, 0.2) is 6.61 Å². The molecule has 3 amide bonds. The number of urea groups is 1. The maximum absolute atomic E-state index is 13.2. The van der Waals surface area contributed by atoms with E-state index in [0.29, 0.717) is 12.6 Å². The minimum Gasteiger partial charge on any atom is -0.452 e. The van der Waals surface area contributed by atoms with E-state index in [9.17, 15) is 23.2 Å². The van der Waals surface area contributed by atoms with E-state index in [1.807, 2.05) is 5.32 Å². The second-order valence-electron chi connectivity index (χ2n) is 3.61. The lowest BCUT2D eigenvalue weighted by molar-refractivity contribution is -0.123. The van der Waals surface area contributed by atoms with E-state index in [2.05, 4.69) is 10.1 Å². The highest BCUT2D eigenvalue weighted by Gasteiger charge is 2.16. The van der Waals surface area contributed by atoms with E-state index in [1.54, 1.807) is 6.92 Å². The van der Waals surface area contributed by atoms with Crippen molar-refractivity contribution in [3.05, 3.63) is 35.4 Å². The summed E-state index contributed by atoms with van der Waals surface area (Å²) in [6.45, 7) is 1.22. The lowest BCUT2D eigenvalue weighted by Gasteiger charge is -2.06. The number of amides is 3. The van der Waals surface area contributed by atoms with Crippen molar-refractivity contribution in [1.82, 2.24) is 10.6 Å². The summed E-state index contributed by atoms with van der Waals surface area (Å²) in [5.41, 5.74) is -0.503. The summed E-state index contributed by atoms with van der Waals surface area (Å²) in [5, 5.41) is 4.19. The molecule has 1 aromatic rings. The van der Waals surface area contributed by atoms with Gasteiger partial charge in [-0.05, 0) is 19.1 Å². The van der Waals surface area contributed by atoms with E-state index >= 15 is 0 Å². The number of esters is 1. The van der Waals surface area contributed by atoms with Gasteiger partial charge in [-0.3, -0.25) is 10.1 Å². The van der Waals surface area contributed by atoms with Crippen LogP contribution in [-0.4, -0.2) is 31.1 Å². The number of benzene rings is 1. The van der Waals surface area contributed by atoms with Gasteiger partial charge in [0, 0.05) is 12.6 Å². The average molecular weight is 286 g/mol. The molecule has 108 valence electrons. The van der Waals surface area contributed by atoms with Gasteiger partial charge in [-0.1, -0.05) is 0 Å². The molecule has 0 aliphatic heterocycles. The van der Waals surface area contributed by atoms with Crippen molar-refractivity contribution in [1.29, 1.82) is 0 Å². The van der Waals surface area contributed by atoms with Crippen molar-refractivity contribution in [2.75, 3.05) is 13.2 Å². The number of hydrogen-bond donors (Lipinski definition) is 2. The van der Waals surface area contributed by atoms with E-state index in [1.165, 1.54) is 0 Å². The highest BCUT2D eigenvalue weighted by atomic mass is 19.1. The standard InChI is InChI=1S/C12H12F2N2O4/c1-2-15-12(19)16-10(17)6-20-11(18)8-4-3-7(13)5-9(8)14/h3-5H,2,6H2,1H3,(H2,15,16,17,19). The molecule has 0 radical (unpaired) electrons. The van der Waals surface area contributed by atoms with E-state index in [4.69, 9.17) is 0 Å². The Morgan fingerprint density at radius 3 is 2.55 bits per heavy atom. The molecule has 0 aromatic heterocycles. The predicted octanol–water partition coefficient (Wildman–Crippen LogP) is 0.967. The molecule has 2 N–H and O–H groups in total. The van der Waals surface area contributed by atoms with Crippen molar-refractivity contribution in [2.45, 2.75) is 6.92 Å². The Kier molecular flexibility index (Phi) is 5.57. The molecule has 0 bridgehead atoms. The van der Waals surface area contributed by atoms with Crippen molar-refractivity contribution in [2.24, 2.45) is 0 Å². The first-order chi connectivity index (χ1) is 9.43. The van der Waals surface area contributed by atoms with Crippen LogP contribution in [0.1, 0.15) is 17.3 Å². The zero-order valence-electron chi connectivity index (χ0n) is 10.5. The lowest BCUT2D eigenvalue weighted by atomic mass is 10.2. The lowest BCUT2D eigenvalue weighted by Crippen LogP contribution is -2.41. The fraction of sp³-hybridized carbons (Fsp3) is 0.250. The molecule has 0 atom stereocenters. The van der Waals surface area contributed by atoms with Crippen LogP contribution in [0.3, 0.4) is 0 Å². The molecule has 8 heteroatoms. The normalized spacial score (nSPS) is 9.75. The maximum Gasteiger partial charge on any atom is 0.341 e. The summed E-state index contributed by atoms with van der Waals surface area (Å²) in [6, 6.07) is 1.57. The SMILES string of the molecule is CCNC(=O)NC(=O)COC(=O)c1ccc(F)cc1F. The molecule has 0 unspecified atom stereocenters. The first-order valence-electron chi connectivity index (χ1n) is 5.64. The first kappa shape index (κ1) is 15.5. The molecular formula is C12H12F2N2O4. The van der Waals surface area contributed by atoms with Gasteiger partial charge in [-0.15, -0.1) is 0 Å². The van der Waals surface area contributed by atoms with Crippen LogP contribution in [-0.2, 0) is 9.53 Å². The first-order valence-corrected chi connectivity index (χ1v) is 5.64. The second-order valence-corrected chi connectivity index (χ2v) is 3.61. The smallest absolute Gasteiger partial charge is 0.341 e. The molecule has 0 saturated carbocycles. The maximum atomic E-state index is 13.2. The molecule has 1 rings (SSSR count). The Morgan fingerprint density at radius 2 is 1.95 bits per heavy atom. The number of carbonyl (C=O) groups excluding carboxylic acids is 3. The minimum atomic E-state index is -1.13. The third kappa shape index (κ3) is 4.63. The summed E-state index contributed by atoms with van der Waals surface area (Å²) in [7, 11) is 0. The summed E-state index contributed by atoms with van der Waals surface area (Å²) < 4.78 is 30.4. The Hall–Kier alpha value is -2.51. The Labute approximate surface area is 113 Å². The van der Waals surface area contributed by atoms with E-state index < -0.39 is 41.7 Å². The van der Waals surface area contributed by atoms with Gasteiger partial charge in [0.05, 0.1) is 5.56 Å². The molecule has 0 aliphatic carbocycles. The fourth-order valence-electron chi connectivity index (χ4n) is 1.23. The Bertz CT molecular complexity index is 534. The molecule has 0 heterocycles. The van der Waals surface area contributed by atoms with Crippen molar-refractivity contribution >= 4 is 17.9 Å². The van der Waals surface area contributed by atoms with E-state index in [0.717, 1.165) is 12.1 Å². The monoisotopic (exact) mass is 286 g/mol. The van der Waals surface area contributed by atoms with Crippen molar-refractivity contribution in [3.63, 3.8) is 0 Å². The van der Waals surface area contributed by atoms with Gasteiger partial charge in [0.2, 0.25) is 0 Å².